The van der Waals surface area contributed by atoms with Crippen molar-refractivity contribution in [2.75, 3.05) is 18.0 Å². The molecule has 226 valence electrons. The summed E-state index contributed by atoms with van der Waals surface area (Å²) in [4.78, 5) is 6.36. The first-order valence-electron chi connectivity index (χ1n) is 14.8. The zero-order valence-corrected chi connectivity index (χ0v) is 27.2. The summed E-state index contributed by atoms with van der Waals surface area (Å²) in [6, 6.07) is 27.7. The molecule has 0 bridgehead atoms. The fourth-order valence-corrected chi connectivity index (χ4v) is 11.2. The molecular weight excluding hydrogens is 579 g/mol. The van der Waals surface area contributed by atoms with Gasteiger partial charge in [0.25, 0.3) is 8.32 Å². The van der Waals surface area contributed by atoms with Gasteiger partial charge in [0.1, 0.15) is 16.9 Å². The number of ether oxygens (including phenoxy) is 1. The SMILES string of the molecule is C[C@@H]1CN(c2c(CO[Si](c3ccccc3)(c3ccccc3)C(C)(C)C)cc(C(O)c3ccccn3)c(F)c2Cl)C[C@H](C)O1. The van der Waals surface area contributed by atoms with Gasteiger partial charge < -0.3 is 19.2 Å². The minimum absolute atomic E-state index is 0.0326. The van der Waals surface area contributed by atoms with E-state index in [9.17, 15) is 5.11 Å². The van der Waals surface area contributed by atoms with Crippen molar-refractivity contribution in [1.82, 2.24) is 4.98 Å². The van der Waals surface area contributed by atoms with Gasteiger partial charge in [-0.15, -0.1) is 0 Å². The van der Waals surface area contributed by atoms with E-state index in [1.165, 1.54) is 0 Å². The number of pyridine rings is 1. The van der Waals surface area contributed by atoms with E-state index in [0.717, 1.165) is 10.4 Å². The van der Waals surface area contributed by atoms with Crippen LogP contribution in [0.15, 0.2) is 91.1 Å². The molecule has 1 aromatic heterocycles. The standard InChI is InChI=1S/C35H40ClFN2O3Si/c1-24-21-39(22-25(2)42-24)33-26(20-29(32(37)31(33)36)34(40)30-18-12-13-19-38-30)23-41-43(35(3,4)5,27-14-8-6-9-15-27)28-16-10-7-11-17-28/h6-20,24-25,34,40H,21-23H2,1-5H3/t24-,25+,34?. The second-order valence-electron chi connectivity index (χ2n) is 12.4. The van der Waals surface area contributed by atoms with E-state index in [0.29, 0.717) is 30.0 Å². The van der Waals surface area contributed by atoms with E-state index in [1.807, 2.05) is 50.2 Å². The number of hydrogen-bond donors (Lipinski definition) is 1. The van der Waals surface area contributed by atoms with Crippen molar-refractivity contribution < 1.29 is 18.7 Å². The Labute approximate surface area is 260 Å². The minimum atomic E-state index is -2.93. The molecule has 3 aromatic carbocycles. The number of halogens is 2. The summed E-state index contributed by atoms with van der Waals surface area (Å²) in [5, 5.41) is 13.3. The Balaban J connectivity index is 1.67. The molecule has 1 unspecified atom stereocenters. The Bertz CT molecular complexity index is 1470. The molecule has 0 amide bonds. The lowest BCUT2D eigenvalue weighted by Crippen LogP contribution is -2.66. The summed E-state index contributed by atoms with van der Waals surface area (Å²) < 4.78 is 29.4. The van der Waals surface area contributed by atoms with Crippen molar-refractivity contribution in [2.45, 2.75) is 64.6 Å². The van der Waals surface area contributed by atoms with Gasteiger partial charge in [0.2, 0.25) is 0 Å². The third-order valence-corrected chi connectivity index (χ3v) is 13.5. The molecule has 0 aliphatic carbocycles. The molecule has 1 fully saturated rings. The van der Waals surface area contributed by atoms with Crippen LogP contribution in [0, 0.1) is 5.82 Å². The number of morpholine rings is 1. The molecule has 5 rings (SSSR count). The smallest absolute Gasteiger partial charge is 0.261 e. The Hall–Kier alpha value is -3.07. The zero-order chi connectivity index (χ0) is 30.8. The fourth-order valence-electron chi connectivity index (χ4n) is 6.35. The monoisotopic (exact) mass is 618 g/mol. The van der Waals surface area contributed by atoms with Crippen LogP contribution < -0.4 is 15.3 Å². The minimum Gasteiger partial charge on any atom is -0.403 e. The fraction of sp³-hybridized carbons (Fsp3) is 0.343. The average Bonchev–Trinajstić information content (AvgIpc) is 2.99. The summed E-state index contributed by atoms with van der Waals surface area (Å²) >= 11 is 6.90. The summed E-state index contributed by atoms with van der Waals surface area (Å²) in [5.41, 5.74) is 1.71. The first-order chi connectivity index (χ1) is 20.5. The van der Waals surface area contributed by atoms with Crippen molar-refractivity contribution in [3.8, 4) is 0 Å². The Morgan fingerprint density at radius 2 is 1.53 bits per heavy atom. The van der Waals surface area contributed by atoms with Crippen molar-refractivity contribution in [1.29, 1.82) is 0 Å². The maximum atomic E-state index is 16.1. The topological polar surface area (TPSA) is 54.8 Å². The van der Waals surface area contributed by atoms with Crippen LogP contribution in [0.5, 0.6) is 0 Å². The molecule has 0 radical (unpaired) electrons. The van der Waals surface area contributed by atoms with Gasteiger partial charge in [0.05, 0.1) is 30.2 Å². The predicted octanol–water partition coefficient (Wildman–Crippen LogP) is 6.65. The van der Waals surface area contributed by atoms with Crippen LogP contribution in [-0.4, -0.2) is 43.7 Å². The van der Waals surface area contributed by atoms with Crippen LogP contribution in [-0.2, 0) is 15.8 Å². The highest BCUT2D eigenvalue weighted by Crippen LogP contribution is 2.42. The predicted molar refractivity (Wildman–Crippen MR) is 174 cm³/mol. The van der Waals surface area contributed by atoms with E-state index in [4.69, 9.17) is 20.8 Å². The lowest BCUT2D eigenvalue weighted by Gasteiger charge is -2.43. The maximum Gasteiger partial charge on any atom is 0.261 e. The summed E-state index contributed by atoms with van der Waals surface area (Å²) in [7, 11) is -2.93. The molecule has 1 N–H and O–H groups in total. The summed E-state index contributed by atoms with van der Waals surface area (Å²) in [6.07, 6.45) is 0.164. The van der Waals surface area contributed by atoms with Crippen LogP contribution >= 0.6 is 11.6 Å². The normalized spacial score (nSPS) is 18.5. The number of aliphatic hydroxyl groups excluding tert-OH is 1. The molecule has 2 heterocycles. The third kappa shape index (κ3) is 6.28. The van der Waals surface area contributed by atoms with E-state index in [-0.39, 0.29) is 34.4 Å². The summed E-state index contributed by atoms with van der Waals surface area (Å²) in [5.74, 6) is -0.657. The van der Waals surface area contributed by atoms with Crippen LogP contribution in [0.1, 0.15) is 57.5 Å². The van der Waals surface area contributed by atoms with E-state index in [2.05, 4.69) is 54.9 Å². The quantitative estimate of drug-likeness (QED) is 0.224. The van der Waals surface area contributed by atoms with Gasteiger partial charge in [-0.2, -0.15) is 0 Å². The Morgan fingerprint density at radius 1 is 0.977 bits per heavy atom. The van der Waals surface area contributed by atoms with E-state index < -0.39 is 20.2 Å². The average molecular weight is 619 g/mol. The van der Waals surface area contributed by atoms with Gasteiger partial charge in [0, 0.05) is 30.4 Å². The number of nitrogens with zero attached hydrogens (tertiary/aromatic N) is 2. The van der Waals surface area contributed by atoms with Crippen LogP contribution in [0.2, 0.25) is 10.1 Å². The van der Waals surface area contributed by atoms with Gasteiger partial charge in [-0.25, -0.2) is 4.39 Å². The number of hydrogen-bond acceptors (Lipinski definition) is 5. The van der Waals surface area contributed by atoms with Crippen molar-refractivity contribution >= 4 is 36.0 Å². The van der Waals surface area contributed by atoms with Gasteiger partial charge in [-0.3, -0.25) is 4.98 Å². The first-order valence-corrected chi connectivity index (χ1v) is 17.1. The molecule has 4 aromatic rings. The third-order valence-electron chi connectivity index (χ3n) is 8.15. The number of anilines is 1. The molecule has 5 nitrogen and oxygen atoms in total. The molecule has 0 spiro atoms. The largest absolute Gasteiger partial charge is 0.403 e. The highest BCUT2D eigenvalue weighted by molar-refractivity contribution is 6.99. The molecule has 8 heteroatoms. The number of aromatic nitrogens is 1. The molecule has 1 aliphatic heterocycles. The second kappa shape index (κ2) is 12.9. The Morgan fingerprint density at radius 3 is 2.05 bits per heavy atom. The van der Waals surface area contributed by atoms with Crippen molar-refractivity contribution in [3.05, 3.63) is 119 Å². The lowest BCUT2D eigenvalue weighted by molar-refractivity contribution is -0.00532. The van der Waals surface area contributed by atoms with E-state index >= 15 is 4.39 Å². The molecule has 1 aliphatic rings. The summed E-state index contributed by atoms with van der Waals surface area (Å²) in [6.45, 7) is 12.0. The van der Waals surface area contributed by atoms with Crippen LogP contribution in [0.4, 0.5) is 10.1 Å². The van der Waals surface area contributed by atoms with E-state index in [1.54, 1.807) is 30.5 Å². The van der Waals surface area contributed by atoms with Crippen LogP contribution in [0.25, 0.3) is 0 Å². The number of benzene rings is 3. The second-order valence-corrected chi connectivity index (χ2v) is 17.1. The van der Waals surface area contributed by atoms with Gasteiger partial charge >= 0.3 is 0 Å². The highest BCUT2D eigenvalue weighted by Gasteiger charge is 2.50. The zero-order valence-electron chi connectivity index (χ0n) is 25.4. The van der Waals surface area contributed by atoms with Gasteiger partial charge in [-0.05, 0) is 47.5 Å². The molecule has 0 saturated carbocycles. The van der Waals surface area contributed by atoms with Crippen molar-refractivity contribution in [3.63, 3.8) is 0 Å². The highest BCUT2D eigenvalue weighted by atomic mass is 35.5. The maximum absolute atomic E-state index is 16.1. The van der Waals surface area contributed by atoms with Gasteiger partial charge in [0.15, 0.2) is 0 Å². The molecule has 3 atom stereocenters. The Kier molecular flexibility index (Phi) is 9.39. The molecular formula is C35H40ClFN2O3Si. The number of rotatable bonds is 8. The molecule has 1 saturated heterocycles. The van der Waals surface area contributed by atoms with Gasteiger partial charge in [-0.1, -0.05) is 99.1 Å². The molecule has 43 heavy (non-hydrogen) atoms. The first kappa shape index (κ1) is 31.4. The van der Waals surface area contributed by atoms with Crippen molar-refractivity contribution in [2.24, 2.45) is 0 Å². The lowest BCUT2D eigenvalue weighted by atomic mass is 10.00. The van der Waals surface area contributed by atoms with Crippen LogP contribution in [0.3, 0.4) is 0 Å². The number of aliphatic hydroxyl groups is 1.